The molecule has 6 nitrogen and oxygen atoms in total. The van der Waals surface area contributed by atoms with Crippen molar-refractivity contribution in [3.63, 3.8) is 0 Å². The molecule has 0 aliphatic rings. The van der Waals surface area contributed by atoms with Gasteiger partial charge in [-0.15, -0.1) is 15.3 Å². The minimum absolute atomic E-state index is 0.0163. The average Bonchev–Trinajstić information content (AvgIpc) is 3.09. The number of hydrogen-bond acceptors (Lipinski definition) is 5. The summed E-state index contributed by atoms with van der Waals surface area (Å²) >= 11 is 0. The predicted molar refractivity (Wildman–Crippen MR) is 102 cm³/mol. The zero-order valence-corrected chi connectivity index (χ0v) is 17.1. The van der Waals surface area contributed by atoms with Gasteiger partial charge in [0.1, 0.15) is 5.82 Å². The lowest BCUT2D eigenvalue weighted by Gasteiger charge is -2.26. The summed E-state index contributed by atoms with van der Waals surface area (Å²) in [5.74, 6) is -1.09. The van der Waals surface area contributed by atoms with Gasteiger partial charge in [-0.05, 0) is 51.2 Å². The first-order valence-corrected chi connectivity index (χ1v) is 9.18. The second-order valence-corrected chi connectivity index (χ2v) is 7.34. The van der Waals surface area contributed by atoms with Crippen LogP contribution in [0.4, 0.5) is 32.2 Å². The van der Waals surface area contributed by atoms with Crippen LogP contribution in [0.15, 0.2) is 24.3 Å². The third kappa shape index (κ3) is 4.58. The number of rotatable bonds is 5. The zero-order chi connectivity index (χ0) is 23.1. The van der Waals surface area contributed by atoms with Gasteiger partial charge in [0.15, 0.2) is 5.65 Å². The number of benzene rings is 1. The molecule has 0 bridgehead atoms. The Morgan fingerprint density at radius 3 is 2.26 bits per heavy atom. The van der Waals surface area contributed by atoms with Gasteiger partial charge in [-0.25, -0.2) is 0 Å². The van der Waals surface area contributed by atoms with E-state index >= 15 is 0 Å². The minimum atomic E-state index is -4.74. The van der Waals surface area contributed by atoms with Crippen molar-refractivity contribution in [2.45, 2.75) is 32.2 Å². The van der Waals surface area contributed by atoms with Crippen molar-refractivity contribution in [3.05, 3.63) is 52.3 Å². The van der Waals surface area contributed by atoms with E-state index in [4.69, 9.17) is 0 Å². The lowest BCUT2D eigenvalue weighted by molar-refractivity contribution is -0.146. The van der Waals surface area contributed by atoms with Crippen LogP contribution in [0, 0.1) is 13.8 Å². The molecule has 0 saturated heterocycles. The quantitative estimate of drug-likeness (QED) is 0.586. The fourth-order valence-corrected chi connectivity index (χ4v) is 3.19. The van der Waals surface area contributed by atoms with Gasteiger partial charge in [-0.3, -0.25) is 0 Å². The molecule has 2 heterocycles. The van der Waals surface area contributed by atoms with Crippen molar-refractivity contribution in [2.75, 3.05) is 26.0 Å². The molecule has 0 amide bonds. The fraction of sp³-hybridized carbons (Fsp3) is 0.421. The number of alkyl halides is 6. The van der Waals surface area contributed by atoms with Crippen molar-refractivity contribution in [2.24, 2.45) is 0 Å². The Labute approximate surface area is 173 Å². The van der Waals surface area contributed by atoms with Crippen LogP contribution in [0.3, 0.4) is 0 Å². The van der Waals surface area contributed by atoms with Crippen molar-refractivity contribution in [3.8, 4) is 0 Å². The van der Waals surface area contributed by atoms with Crippen molar-refractivity contribution >= 4 is 11.5 Å². The Morgan fingerprint density at radius 2 is 1.68 bits per heavy atom. The van der Waals surface area contributed by atoms with E-state index in [0.29, 0.717) is 21.2 Å². The SMILES string of the molecule is Cc1c(NCC(c2cccc(C(F)(F)F)c2)N(C)C)nn2c(C(F)(F)F)nnc2c1C. The Morgan fingerprint density at radius 1 is 1.00 bits per heavy atom. The molecule has 1 N–H and O–H groups in total. The van der Waals surface area contributed by atoms with E-state index in [-0.39, 0.29) is 18.0 Å². The Hall–Kier alpha value is -2.89. The molecular weight excluding hydrogens is 426 g/mol. The molecule has 3 rings (SSSR count). The van der Waals surface area contributed by atoms with Crippen LogP contribution in [-0.4, -0.2) is 45.4 Å². The number of nitrogens with one attached hydrogen (secondary N) is 1. The summed E-state index contributed by atoms with van der Waals surface area (Å²) in [6.07, 6.45) is -9.22. The summed E-state index contributed by atoms with van der Waals surface area (Å²) < 4.78 is 79.5. The highest BCUT2D eigenvalue weighted by Crippen LogP contribution is 2.32. The van der Waals surface area contributed by atoms with E-state index in [9.17, 15) is 26.3 Å². The van der Waals surface area contributed by atoms with Crippen LogP contribution < -0.4 is 5.32 Å². The predicted octanol–water partition coefficient (Wildman–Crippen LogP) is 4.49. The Bertz CT molecular complexity index is 1090. The number of fused-ring (bicyclic) bond motifs is 1. The van der Waals surface area contributed by atoms with Crippen LogP contribution in [-0.2, 0) is 12.4 Å². The summed E-state index contributed by atoms with van der Waals surface area (Å²) in [5, 5.41) is 13.8. The van der Waals surface area contributed by atoms with Gasteiger partial charge < -0.3 is 10.2 Å². The molecule has 0 aliphatic carbocycles. The lowest BCUT2D eigenvalue weighted by Crippen LogP contribution is -2.28. The van der Waals surface area contributed by atoms with E-state index in [1.165, 1.54) is 6.07 Å². The molecule has 12 heteroatoms. The topological polar surface area (TPSA) is 58.4 Å². The van der Waals surface area contributed by atoms with Crippen LogP contribution in [0.25, 0.3) is 5.65 Å². The Balaban J connectivity index is 1.95. The Kier molecular flexibility index (Phi) is 5.87. The van der Waals surface area contributed by atoms with E-state index < -0.39 is 29.8 Å². The largest absolute Gasteiger partial charge is 0.453 e. The molecule has 1 atom stereocenters. The number of anilines is 1. The molecule has 1 unspecified atom stereocenters. The molecular formula is C19H20F6N6. The van der Waals surface area contributed by atoms with Crippen LogP contribution in [0.5, 0.6) is 0 Å². The van der Waals surface area contributed by atoms with Crippen LogP contribution in [0.2, 0.25) is 0 Å². The molecule has 0 spiro atoms. The third-order valence-electron chi connectivity index (χ3n) is 5.03. The molecule has 0 saturated carbocycles. The third-order valence-corrected chi connectivity index (χ3v) is 5.03. The number of nitrogens with zero attached hydrogens (tertiary/aromatic N) is 5. The first-order chi connectivity index (χ1) is 14.3. The van der Waals surface area contributed by atoms with Crippen molar-refractivity contribution in [1.29, 1.82) is 0 Å². The van der Waals surface area contributed by atoms with Gasteiger partial charge in [0.2, 0.25) is 0 Å². The highest BCUT2D eigenvalue weighted by atomic mass is 19.4. The molecule has 3 aromatic rings. The normalized spacial score (nSPS) is 13.8. The summed E-state index contributed by atoms with van der Waals surface area (Å²) in [4.78, 5) is 1.71. The number of halogens is 6. The highest BCUT2D eigenvalue weighted by Gasteiger charge is 2.38. The van der Waals surface area contributed by atoms with Gasteiger partial charge >= 0.3 is 12.4 Å². The molecule has 0 radical (unpaired) electrons. The second kappa shape index (κ2) is 7.98. The minimum Gasteiger partial charge on any atom is -0.366 e. The summed E-state index contributed by atoms with van der Waals surface area (Å²) in [6, 6.07) is 4.43. The molecule has 31 heavy (non-hydrogen) atoms. The van der Waals surface area contributed by atoms with Gasteiger partial charge in [0, 0.05) is 12.1 Å². The second-order valence-electron chi connectivity index (χ2n) is 7.34. The summed E-state index contributed by atoms with van der Waals surface area (Å²) in [5.41, 5.74) is 0.638. The molecule has 2 aromatic heterocycles. The van der Waals surface area contributed by atoms with Gasteiger partial charge in [-0.1, -0.05) is 12.1 Å². The first kappa shape index (κ1) is 22.8. The van der Waals surface area contributed by atoms with E-state index in [0.717, 1.165) is 12.1 Å². The maximum atomic E-state index is 13.2. The average molecular weight is 446 g/mol. The standard InChI is InChI=1S/C19H20F6N6/c1-10-11(2)16-27-28-17(19(23,24)25)31(16)29-15(10)26-9-14(30(3)4)12-6-5-7-13(8-12)18(20,21)22/h5-8,14H,9H2,1-4H3,(H,26,29). The molecule has 0 fully saturated rings. The van der Waals surface area contributed by atoms with Crippen LogP contribution >= 0.6 is 0 Å². The zero-order valence-electron chi connectivity index (χ0n) is 17.1. The monoisotopic (exact) mass is 446 g/mol. The lowest BCUT2D eigenvalue weighted by atomic mass is 10.0. The smallest absolute Gasteiger partial charge is 0.366 e. The first-order valence-electron chi connectivity index (χ1n) is 9.18. The van der Waals surface area contributed by atoms with Crippen molar-refractivity contribution in [1.82, 2.24) is 24.7 Å². The van der Waals surface area contributed by atoms with E-state index in [1.54, 1.807) is 38.9 Å². The summed E-state index contributed by atoms with van der Waals surface area (Å²) in [7, 11) is 3.39. The molecule has 1 aromatic carbocycles. The maximum absolute atomic E-state index is 13.2. The number of likely N-dealkylation sites (N-methyl/N-ethyl adjacent to an activating group) is 1. The highest BCUT2D eigenvalue weighted by molar-refractivity contribution is 5.58. The van der Waals surface area contributed by atoms with Gasteiger partial charge in [-0.2, -0.15) is 30.9 Å². The number of aromatic nitrogens is 4. The molecule has 168 valence electrons. The molecule has 0 aliphatic heterocycles. The van der Waals surface area contributed by atoms with Gasteiger partial charge in [0.25, 0.3) is 5.82 Å². The maximum Gasteiger partial charge on any atom is 0.453 e. The summed E-state index contributed by atoms with van der Waals surface area (Å²) in [6.45, 7) is 3.38. The van der Waals surface area contributed by atoms with Crippen LogP contribution in [0.1, 0.15) is 34.1 Å². The van der Waals surface area contributed by atoms with E-state index in [1.807, 2.05) is 0 Å². The number of hydrogen-bond donors (Lipinski definition) is 1. The fourth-order valence-electron chi connectivity index (χ4n) is 3.19. The van der Waals surface area contributed by atoms with Crippen molar-refractivity contribution < 1.29 is 26.3 Å². The van der Waals surface area contributed by atoms with E-state index in [2.05, 4.69) is 20.6 Å². The number of aryl methyl sites for hydroxylation is 1. The van der Waals surface area contributed by atoms with Gasteiger partial charge in [0.05, 0.1) is 11.6 Å².